The van der Waals surface area contributed by atoms with Crippen LogP contribution in [-0.2, 0) is 9.47 Å². The van der Waals surface area contributed by atoms with Gasteiger partial charge in [0.1, 0.15) is 0 Å². The van der Waals surface area contributed by atoms with Crippen molar-refractivity contribution in [1.82, 2.24) is 0 Å². The van der Waals surface area contributed by atoms with E-state index in [0.29, 0.717) is 12.2 Å². The first-order chi connectivity index (χ1) is 5.88. The fraction of sp³-hybridized carbons (Fsp3) is 1.00. The molecule has 72 valence electrons. The molecule has 2 unspecified atom stereocenters. The van der Waals surface area contributed by atoms with Gasteiger partial charge in [0.25, 0.3) is 0 Å². The minimum Gasteiger partial charge on any atom is -0.376 e. The Hall–Kier alpha value is -0.0800. The van der Waals surface area contributed by atoms with Crippen molar-refractivity contribution in [2.45, 2.75) is 51.7 Å². The molecule has 0 spiro atoms. The van der Waals surface area contributed by atoms with Gasteiger partial charge in [-0.25, -0.2) is 0 Å². The molecule has 1 saturated carbocycles. The van der Waals surface area contributed by atoms with Crippen molar-refractivity contribution in [3.05, 3.63) is 0 Å². The van der Waals surface area contributed by atoms with E-state index in [9.17, 15) is 0 Å². The molecular formula is C10H20O2. The molecule has 12 heavy (non-hydrogen) atoms. The maximum Gasteiger partial charge on any atom is 0.0837 e. The van der Waals surface area contributed by atoms with Crippen LogP contribution in [0, 0.1) is 0 Å². The van der Waals surface area contributed by atoms with Gasteiger partial charge >= 0.3 is 0 Å². The normalized spacial score (nSPS) is 28.5. The van der Waals surface area contributed by atoms with Gasteiger partial charge in [-0.3, -0.25) is 0 Å². The summed E-state index contributed by atoms with van der Waals surface area (Å²) in [6.45, 7) is 6.05. The molecule has 2 nitrogen and oxygen atoms in total. The van der Waals surface area contributed by atoms with E-state index in [4.69, 9.17) is 9.47 Å². The van der Waals surface area contributed by atoms with Gasteiger partial charge in [0.15, 0.2) is 0 Å². The Morgan fingerprint density at radius 2 is 1.33 bits per heavy atom. The summed E-state index contributed by atoms with van der Waals surface area (Å²) >= 11 is 0. The quantitative estimate of drug-likeness (QED) is 0.612. The average molecular weight is 172 g/mol. The molecule has 0 amide bonds. The molecule has 0 bridgehead atoms. The topological polar surface area (TPSA) is 18.5 Å². The van der Waals surface area contributed by atoms with Gasteiger partial charge in [-0.15, -0.1) is 0 Å². The molecule has 2 atom stereocenters. The Balaban J connectivity index is 2.03. The molecular weight excluding hydrogens is 152 g/mol. The maximum atomic E-state index is 5.61. The summed E-state index contributed by atoms with van der Waals surface area (Å²) in [5.41, 5.74) is 0. The lowest BCUT2D eigenvalue weighted by molar-refractivity contribution is -0.127. The SMILES string of the molecule is CCCOC1CCC1OCCC. The maximum absolute atomic E-state index is 5.61. The van der Waals surface area contributed by atoms with Crippen LogP contribution in [0.25, 0.3) is 0 Å². The zero-order chi connectivity index (χ0) is 8.81. The van der Waals surface area contributed by atoms with Crippen molar-refractivity contribution < 1.29 is 9.47 Å². The number of hydrogen-bond donors (Lipinski definition) is 0. The average Bonchev–Trinajstić information content (AvgIpc) is 2.04. The van der Waals surface area contributed by atoms with Crippen LogP contribution in [0.15, 0.2) is 0 Å². The molecule has 0 aliphatic heterocycles. The van der Waals surface area contributed by atoms with Crippen LogP contribution in [0.1, 0.15) is 39.5 Å². The van der Waals surface area contributed by atoms with Gasteiger partial charge in [-0.05, 0) is 25.7 Å². The second-order valence-electron chi connectivity index (χ2n) is 3.40. The van der Waals surface area contributed by atoms with Crippen LogP contribution in [-0.4, -0.2) is 25.4 Å². The van der Waals surface area contributed by atoms with Crippen LogP contribution in [0.2, 0.25) is 0 Å². The van der Waals surface area contributed by atoms with Crippen molar-refractivity contribution >= 4 is 0 Å². The van der Waals surface area contributed by atoms with E-state index < -0.39 is 0 Å². The molecule has 1 aliphatic rings. The zero-order valence-corrected chi connectivity index (χ0v) is 8.21. The molecule has 1 rings (SSSR count). The molecule has 0 radical (unpaired) electrons. The van der Waals surface area contributed by atoms with Gasteiger partial charge < -0.3 is 9.47 Å². The van der Waals surface area contributed by atoms with Gasteiger partial charge in [0.2, 0.25) is 0 Å². The van der Waals surface area contributed by atoms with Crippen LogP contribution in [0.4, 0.5) is 0 Å². The first-order valence-electron chi connectivity index (χ1n) is 5.11. The van der Waals surface area contributed by atoms with Crippen molar-refractivity contribution in [2.75, 3.05) is 13.2 Å². The molecule has 0 aromatic carbocycles. The summed E-state index contributed by atoms with van der Waals surface area (Å²) < 4.78 is 11.2. The fourth-order valence-corrected chi connectivity index (χ4v) is 1.36. The summed E-state index contributed by atoms with van der Waals surface area (Å²) in [5, 5.41) is 0. The van der Waals surface area contributed by atoms with Crippen LogP contribution in [0.5, 0.6) is 0 Å². The molecule has 0 heterocycles. The molecule has 0 saturated heterocycles. The Labute approximate surface area is 75.2 Å². The highest BCUT2D eigenvalue weighted by atomic mass is 16.5. The number of hydrogen-bond acceptors (Lipinski definition) is 2. The minimum atomic E-state index is 0.400. The van der Waals surface area contributed by atoms with Gasteiger partial charge in [-0.2, -0.15) is 0 Å². The summed E-state index contributed by atoms with van der Waals surface area (Å²) in [5.74, 6) is 0. The Kier molecular flexibility index (Phi) is 4.62. The Bertz CT molecular complexity index is 100. The third-order valence-electron chi connectivity index (χ3n) is 2.22. The standard InChI is InChI=1S/C10H20O2/c1-3-7-11-9-5-6-10(9)12-8-4-2/h9-10H,3-8H2,1-2H3. The van der Waals surface area contributed by atoms with Crippen LogP contribution in [0.3, 0.4) is 0 Å². The van der Waals surface area contributed by atoms with Crippen molar-refractivity contribution in [2.24, 2.45) is 0 Å². The lowest BCUT2D eigenvalue weighted by Crippen LogP contribution is -2.41. The third-order valence-corrected chi connectivity index (χ3v) is 2.22. The van der Waals surface area contributed by atoms with E-state index in [-0.39, 0.29) is 0 Å². The minimum absolute atomic E-state index is 0.400. The second kappa shape index (κ2) is 5.55. The molecule has 1 fully saturated rings. The summed E-state index contributed by atoms with van der Waals surface area (Å²) in [6.07, 6.45) is 5.39. The van der Waals surface area contributed by atoms with E-state index in [0.717, 1.165) is 26.1 Å². The van der Waals surface area contributed by atoms with Gasteiger partial charge in [-0.1, -0.05) is 13.8 Å². The highest BCUT2D eigenvalue weighted by Crippen LogP contribution is 2.26. The van der Waals surface area contributed by atoms with E-state index in [1.165, 1.54) is 12.8 Å². The molecule has 2 heteroatoms. The highest BCUT2D eigenvalue weighted by molar-refractivity contribution is 4.82. The van der Waals surface area contributed by atoms with Crippen LogP contribution >= 0.6 is 0 Å². The van der Waals surface area contributed by atoms with Gasteiger partial charge in [0.05, 0.1) is 12.2 Å². The van der Waals surface area contributed by atoms with Gasteiger partial charge in [0, 0.05) is 13.2 Å². The Morgan fingerprint density at radius 3 is 1.58 bits per heavy atom. The smallest absolute Gasteiger partial charge is 0.0837 e. The lowest BCUT2D eigenvalue weighted by atomic mass is 9.92. The lowest BCUT2D eigenvalue weighted by Gasteiger charge is -2.36. The summed E-state index contributed by atoms with van der Waals surface area (Å²) in [4.78, 5) is 0. The van der Waals surface area contributed by atoms with E-state index in [2.05, 4.69) is 13.8 Å². The summed E-state index contributed by atoms with van der Waals surface area (Å²) in [7, 11) is 0. The van der Waals surface area contributed by atoms with E-state index in [1.807, 2.05) is 0 Å². The van der Waals surface area contributed by atoms with E-state index >= 15 is 0 Å². The highest BCUT2D eigenvalue weighted by Gasteiger charge is 2.31. The van der Waals surface area contributed by atoms with Crippen molar-refractivity contribution in [1.29, 1.82) is 0 Å². The predicted octanol–water partition coefficient (Wildman–Crippen LogP) is 2.37. The first-order valence-corrected chi connectivity index (χ1v) is 5.11. The third kappa shape index (κ3) is 2.76. The summed E-state index contributed by atoms with van der Waals surface area (Å²) in [6, 6.07) is 0. The fourth-order valence-electron chi connectivity index (χ4n) is 1.36. The monoisotopic (exact) mass is 172 g/mol. The van der Waals surface area contributed by atoms with Crippen molar-refractivity contribution in [3.8, 4) is 0 Å². The van der Waals surface area contributed by atoms with E-state index in [1.54, 1.807) is 0 Å². The predicted molar refractivity (Wildman–Crippen MR) is 49.3 cm³/mol. The van der Waals surface area contributed by atoms with Crippen molar-refractivity contribution in [3.63, 3.8) is 0 Å². The molecule has 1 aliphatic carbocycles. The largest absolute Gasteiger partial charge is 0.376 e. The molecule has 0 aromatic heterocycles. The first kappa shape index (κ1) is 10.0. The Morgan fingerprint density at radius 1 is 0.917 bits per heavy atom. The van der Waals surface area contributed by atoms with Crippen LogP contribution < -0.4 is 0 Å². The molecule has 0 aromatic rings. The molecule has 0 N–H and O–H groups in total. The second-order valence-corrected chi connectivity index (χ2v) is 3.40. The number of ether oxygens (including phenoxy) is 2. The zero-order valence-electron chi connectivity index (χ0n) is 8.21. The number of rotatable bonds is 6.